The van der Waals surface area contributed by atoms with Crippen molar-refractivity contribution in [2.45, 2.75) is 39.0 Å². The zero-order chi connectivity index (χ0) is 19.0. The van der Waals surface area contributed by atoms with Gasteiger partial charge in [0.1, 0.15) is 10.4 Å². The number of aryl methyl sites for hydroxylation is 1. The van der Waals surface area contributed by atoms with Gasteiger partial charge in [0.05, 0.1) is 11.9 Å². The lowest BCUT2D eigenvalue weighted by Gasteiger charge is -2.23. The second kappa shape index (κ2) is 7.72. The minimum atomic E-state index is 0.628. The molecule has 1 saturated carbocycles. The van der Waals surface area contributed by atoms with Gasteiger partial charge < -0.3 is 11.1 Å². The SMILES string of the molecule is Cc1ccc(-c2cc(NCC3CCCCC3)c3ncc(Br)n3c2N)c(Cl)c1. The Balaban J connectivity index is 1.77. The minimum absolute atomic E-state index is 0.628. The Kier molecular flexibility index (Phi) is 5.33. The van der Waals surface area contributed by atoms with Crippen LogP contribution in [0, 0.1) is 12.8 Å². The molecule has 3 aromatic rings. The first-order chi connectivity index (χ1) is 13.0. The van der Waals surface area contributed by atoms with Crippen LogP contribution in [-0.4, -0.2) is 15.9 Å². The van der Waals surface area contributed by atoms with Crippen molar-refractivity contribution in [1.82, 2.24) is 9.38 Å². The van der Waals surface area contributed by atoms with E-state index in [1.165, 1.54) is 32.1 Å². The van der Waals surface area contributed by atoms with Gasteiger partial charge in [-0.05, 0) is 59.3 Å². The number of anilines is 2. The number of pyridine rings is 1. The van der Waals surface area contributed by atoms with Crippen LogP contribution in [0.15, 0.2) is 35.1 Å². The molecule has 142 valence electrons. The summed E-state index contributed by atoms with van der Waals surface area (Å²) >= 11 is 10.1. The summed E-state index contributed by atoms with van der Waals surface area (Å²) in [6, 6.07) is 8.15. The fourth-order valence-electron chi connectivity index (χ4n) is 3.98. The standard InChI is InChI=1S/C21H24BrClN4/c1-13-7-8-15(17(23)9-13)16-10-18(25-11-14-5-3-2-4-6-14)21-26-12-19(22)27(21)20(16)24/h7-10,12,14,25H,2-6,11,24H2,1H3. The molecule has 6 heteroatoms. The van der Waals surface area contributed by atoms with E-state index in [4.69, 9.17) is 17.3 Å². The van der Waals surface area contributed by atoms with Gasteiger partial charge in [0, 0.05) is 22.7 Å². The van der Waals surface area contributed by atoms with E-state index in [0.29, 0.717) is 10.8 Å². The van der Waals surface area contributed by atoms with Crippen molar-refractivity contribution < 1.29 is 0 Å². The molecule has 0 bridgehead atoms. The van der Waals surface area contributed by atoms with Crippen molar-refractivity contribution in [2.24, 2.45) is 5.92 Å². The Morgan fingerprint density at radius 3 is 2.74 bits per heavy atom. The largest absolute Gasteiger partial charge is 0.384 e. The quantitative estimate of drug-likeness (QED) is 0.493. The molecule has 0 radical (unpaired) electrons. The van der Waals surface area contributed by atoms with E-state index in [1.807, 2.05) is 23.5 Å². The first-order valence-corrected chi connectivity index (χ1v) is 10.7. The van der Waals surface area contributed by atoms with Crippen LogP contribution in [0.4, 0.5) is 11.5 Å². The Bertz CT molecular complexity index is 976. The number of nitrogens with one attached hydrogen (secondary N) is 1. The molecule has 3 N–H and O–H groups in total. The summed E-state index contributed by atoms with van der Waals surface area (Å²) in [5.74, 6) is 1.35. The fraction of sp³-hybridized carbons (Fsp3) is 0.381. The zero-order valence-corrected chi connectivity index (χ0v) is 17.8. The molecule has 4 nitrogen and oxygen atoms in total. The zero-order valence-electron chi connectivity index (χ0n) is 15.4. The van der Waals surface area contributed by atoms with Crippen molar-refractivity contribution >= 4 is 44.7 Å². The van der Waals surface area contributed by atoms with E-state index in [0.717, 1.165) is 45.1 Å². The molecule has 0 unspecified atom stereocenters. The summed E-state index contributed by atoms with van der Waals surface area (Å²) in [6.45, 7) is 3.00. The summed E-state index contributed by atoms with van der Waals surface area (Å²) in [6.07, 6.45) is 8.43. The van der Waals surface area contributed by atoms with Gasteiger partial charge in [-0.1, -0.05) is 43.0 Å². The van der Waals surface area contributed by atoms with Crippen LogP contribution in [0.25, 0.3) is 16.8 Å². The third-order valence-electron chi connectivity index (χ3n) is 5.49. The second-order valence-corrected chi connectivity index (χ2v) is 8.68. The molecule has 2 heterocycles. The average Bonchev–Trinajstić information content (AvgIpc) is 3.05. The smallest absolute Gasteiger partial charge is 0.162 e. The van der Waals surface area contributed by atoms with Crippen molar-refractivity contribution in [1.29, 1.82) is 0 Å². The molecule has 0 atom stereocenters. The fourth-order valence-corrected chi connectivity index (χ4v) is 4.78. The number of fused-ring (bicyclic) bond motifs is 1. The van der Waals surface area contributed by atoms with Gasteiger partial charge in [-0.2, -0.15) is 0 Å². The van der Waals surface area contributed by atoms with Crippen molar-refractivity contribution in [3.63, 3.8) is 0 Å². The van der Waals surface area contributed by atoms with Gasteiger partial charge in [0.25, 0.3) is 0 Å². The van der Waals surface area contributed by atoms with Crippen LogP contribution < -0.4 is 11.1 Å². The molecule has 1 aliphatic rings. The van der Waals surface area contributed by atoms with Crippen LogP contribution in [0.2, 0.25) is 5.02 Å². The Morgan fingerprint density at radius 1 is 1.22 bits per heavy atom. The molecule has 0 amide bonds. The maximum atomic E-state index is 6.54. The minimum Gasteiger partial charge on any atom is -0.384 e. The average molecular weight is 448 g/mol. The summed E-state index contributed by atoms with van der Waals surface area (Å²) < 4.78 is 2.77. The van der Waals surface area contributed by atoms with Gasteiger partial charge in [-0.25, -0.2) is 4.98 Å². The summed E-state index contributed by atoms with van der Waals surface area (Å²) in [7, 11) is 0. The lowest BCUT2D eigenvalue weighted by atomic mass is 9.89. The maximum absolute atomic E-state index is 6.54. The molecule has 1 aromatic carbocycles. The number of halogens is 2. The predicted molar refractivity (Wildman–Crippen MR) is 118 cm³/mol. The van der Waals surface area contributed by atoms with Crippen molar-refractivity contribution in [2.75, 3.05) is 17.6 Å². The van der Waals surface area contributed by atoms with E-state index in [9.17, 15) is 0 Å². The number of hydrogen-bond donors (Lipinski definition) is 2. The van der Waals surface area contributed by atoms with Crippen LogP contribution in [0.5, 0.6) is 0 Å². The number of imidazole rings is 1. The van der Waals surface area contributed by atoms with Gasteiger partial charge >= 0.3 is 0 Å². The van der Waals surface area contributed by atoms with E-state index < -0.39 is 0 Å². The highest BCUT2D eigenvalue weighted by atomic mass is 79.9. The first-order valence-electron chi connectivity index (χ1n) is 9.50. The van der Waals surface area contributed by atoms with Crippen molar-refractivity contribution in [3.05, 3.63) is 45.7 Å². The topological polar surface area (TPSA) is 55.4 Å². The molecule has 0 saturated heterocycles. The first kappa shape index (κ1) is 18.6. The van der Waals surface area contributed by atoms with Gasteiger partial charge in [0.2, 0.25) is 0 Å². The normalized spacial score (nSPS) is 15.4. The molecule has 4 rings (SSSR count). The lowest BCUT2D eigenvalue weighted by molar-refractivity contribution is 0.373. The number of hydrogen-bond acceptors (Lipinski definition) is 3. The number of nitrogens with zero attached hydrogens (tertiary/aromatic N) is 2. The Hall–Kier alpha value is -1.72. The highest BCUT2D eigenvalue weighted by Crippen LogP contribution is 2.38. The van der Waals surface area contributed by atoms with Crippen LogP contribution in [0.1, 0.15) is 37.7 Å². The van der Waals surface area contributed by atoms with E-state index >= 15 is 0 Å². The molecule has 0 spiro atoms. The van der Waals surface area contributed by atoms with Gasteiger partial charge in [-0.3, -0.25) is 4.40 Å². The molecular weight excluding hydrogens is 424 g/mol. The number of benzene rings is 1. The molecule has 0 aliphatic heterocycles. The molecule has 1 fully saturated rings. The third kappa shape index (κ3) is 3.67. The summed E-state index contributed by atoms with van der Waals surface area (Å²) in [5.41, 5.74) is 11.3. The molecular formula is C21H24BrClN4. The van der Waals surface area contributed by atoms with Gasteiger partial charge in [-0.15, -0.1) is 0 Å². The van der Waals surface area contributed by atoms with E-state index in [-0.39, 0.29) is 0 Å². The third-order valence-corrected chi connectivity index (χ3v) is 6.36. The van der Waals surface area contributed by atoms with Crippen LogP contribution >= 0.6 is 27.5 Å². The van der Waals surface area contributed by atoms with E-state index in [1.54, 1.807) is 6.20 Å². The van der Waals surface area contributed by atoms with Crippen LogP contribution in [-0.2, 0) is 0 Å². The monoisotopic (exact) mass is 446 g/mol. The second-order valence-electron chi connectivity index (χ2n) is 7.47. The van der Waals surface area contributed by atoms with Crippen molar-refractivity contribution in [3.8, 4) is 11.1 Å². The summed E-state index contributed by atoms with van der Waals surface area (Å²) in [4.78, 5) is 4.55. The highest BCUT2D eigenvalue weighted by molar-refractivity contribution is 9.10. The summed E-state index contributed by atoms with van der Waals surface area (Å²) in [5, 5.41) is 4.34. The number of nitrogens with two attached hydrogens (primary N) is 1. The maximum Gasteiger partial charge on any atom is 0.162 e. The predicted octanol–water partition coefficient (Wildman–Crippen LogP) is 6.30. The number of rotatable bonds is 4. The molecule has 1 aliphatic carbocycles. The molecule has 27 heavy (non-hydrogen) atoms. The molecule has 2 aromatic heterocycles. The highest BCUT2D eigenvalue weighted by Gasteiger charge is 2.18. The van der Waals surface area contributed by atoms with Gasteiger partial charge in [0.15, 0.2) is 5.65 Å². The Morgan fingerprint density at radius 2 is 2.00 bits per heavy atom. The Labute approximate surface area is 173 Å². The van der Waals surface area contributed by atoms with Crippen LogP contribution in [0.3, 0.4) is 0 Å². The van der Waals surface area contributed by atoms with E-state index in [2.05, 4.69) is 38.4 Å². The lowest BCUT2D eigenvalue weighted by Crippen LogP contribution is -2.18. The number of nitrogen functional groups attached to an aromatic ring is 1. The number of aromatic nitrogens is 2.